The van der Waals surface area contributed by atoms with Crippen LogP contribution in [0.3, 0.4) is 0 Å². The molecule has 0 aromatic rings. The average molecular weight is 556 g/mol. The van der Waals surface area contributed by atoms with E-state index in [1.165, 1.54) is 19.3 Å². The first-order valence-electron chi connectivity index (χ1n) is 13.5. The molecule has 0 aromatic heterocycles. The van der Waals surface area contributed by atoms with Crippen molar-refractivity contribution in [1.82, 2.24) is 10.2 Å². The van der Waals surface area contributed by atoms with Crippen molar-refractivity contribution >= 4 is 44.2 Å². The lowest BCUT2D eigenvalue weighted by Gasteiger charge is -2.36. The number of allylic oxidation sites excluding steroid dienone is 1. The van der Waals surface area contributed by atoms with Crippen LogP contribution in [-0.2, 0) is 14.0 Å². The van der Waals surface area contributed by atoms with Gasteiger partial charge in [-0.15, -0.1) is 11.8 Å². The second kappa shape index (κ2) is 14.3. The Hall–Kier alpha value is -0.903. The lowest BCUT2D eigenvalue weighted by molar-refractivity contribution is 0.0709. The average Bonchev–Trinajstić information content (AvgIpc) is 3.32. The van der Waals surface area contributed by atoms with Gasteiger partial charge in [-0.2, -0.15) is 0 Å². The minimum Gasteiger partial charge on any atom is -0.444 e. The molecule has 2 aliphatic heterocycles. The molecule has 6 nitrogen and oxygen atoms in total. The van der Waals surface area contributed by atoms with Gasteiger partial charge in [0, 0.05) is 17.7 Å². The van der Waals surface area contributed by atoms with Crippen LogP contribution < -0.4 is 5.32 Å². The van der Waals surface area contributed by atoms with E-state index in [1.54, 1.807) is 23.5 Å². The molecule has 2 aliphatic rings. The summed E-state index contributed by atoms with van der Waals surface area (Å²) in [5, 5.41) is 5.19. The van der Waals surface area contributed by atoms with E-state index in [2.05, 4.69) is 57.9 Å². The van der Waals surface area contributed by atoms with Crippen LogP contribution in [0.1, 0.15) is 79.1 Å². The van der Waals surface area contributed by atoms with Gasteiger partial charge in [0.05, 0.1) is 17.3 Å². The minimum absolute atomic E-state index is 0.0855. The molecule has 0 aliphatic carbocycles. The van der Waals surface area contributed by atoms with Crippen LogP contribution in [0, 0.1) is 0 Å². The van der Waals surface area contributed by atoms with Gasteiger partial charge >= 0.3 is 6.09 Å². The Balaban J connectivity index is 2.01. The standard InChI is InChI=1S/C27H47N2O4S2Si/c1-8-10-12-15-26(4,33-36(5,6)7)16-13-14-24-22(3)32-25(31)29(24)18-19-34-27(17-11-9-2)28-23(20-30)21-35-27/h13-14,21-22,24,28H,8-12,15-19H2,1-7H3/b14-13+/t22-,24-,26?,27?/m0/s1. The summed E-state index contributed by atoms with van der Waals surface area (Å²) in [6.45, 7) is 15.9. The number of ether oxygens (including phenoxy) is 1. The third kappa shape index (κ3) is 9.76. The van der Waals surface area contributed by atoms with Crippen LogP contribution in [0.5, 0.6) is 0 Å². The predicted molar refractivity (Wildman–Crippen MR) is 156 cm³/mol. The summed E-state index contributed by atoms with van der Waals surface area (Å²) in [6, 6.07) is -0.0855. The third-order valence-electron chi connectivity index (χ3n) is 6.44. The summed E-state index contributed by atoms with van der Waals surface area (Å²) in [5.74, 6) is 0.753. The highest BCUT2D eigenvalue weighted by Crippen LogP contribution is 2.44. The van der Waals surface area contributed by atoms with Gasteiger partial charge in [-0.05, 0) is 59.2 Å². The Morgan fingerprint density at radius 1 is 1.31 bits per heavy atom. The number of amides is 1. The van der Waals surface area contributed by atoms with Crippen LogP contribution in [0.4, 0.5) is 4.79 Å². The number of nitrogens with one attached hydrogen (secondary N) is 1. The molecule has 0 bridgehead atoms. The number of nitrogens with zero attached hydrogens (tertiary/aromatic N) is 1. The number of thioether (sulfide) groups is 2. The summed E-state index contributed by atoms with van der Waals surface area (Å²) < 4.78 is 12.0. The summed E-state index contributed by atoms with van der Waals surface area (Å²) in [7, 11) is -1.69. The fraction of sp³-hybridized carbons (Fsp3) is 0.778. The number of cyclic esters (lactones) is 1. The first kappa shape index (κ1) is 31.3. The van der Waals surface area contributed by atoms with Crippen molar-refractivity contribution in [3.05, 3.63) is 23.3 Å². The van der Waals surface area contributed by atoms with E-state index in [0.717, 1.165) is 37.9 Å². The molecule has 205 valence electrons. The van der Waals surface area contributed by atoms with Gasteiger partial charge in [0.15, 0.2) is 8.32 Å². The Labute approximate surface area is 228 Å². The number of hydrogen-bond donors (Lipinski definition) is 1. The van der Waals surface area contributed by atoms with Gasteiger partial charge in [0.25, 0.3) is 6.29 Å². The largest absolute Gasteiger partial charge is 0.444 e. The fourth-order valence-electron chi connectivity index (χ4n) is 4.76. The van der Waals surface area contributed by atoms with Crippen molar-refractivity contribution in [3.8, 4) is 0 Å². The first-order valence-corrected chi connectivity index (χ1v) is 18.8. The predicted octanol–water partition coefficient (Wildman–Crippen LogP) is 7.20. The quantitative estimate of drug-likeness (QED) is 0.116. The van der Waals surface area contributed by atoms with Gasteiger partial charge in [-0.1, -0.05) is 63.4 Å². The maximum absolute atomic E-state index is 12.7. The van der Waals surface area contributed by atoms with Crippen LogP contribution in [0.2, 0.25) is 19.6 Å². The Kier molecular flexibility index (Phi) is 12.4. The molecule has 1 radical (unpaired) electrons. The molecule has 2 unspecified atom stereocenters. The molecule has 4 atom stereocenters. The van der Waals surface area contributed by atoms with Crippen molar-refractivity contribution in [2.45, 2.75) is 121 Å². The van der Waals surface area contributed by atoms with Gasteiger partial charge in [0.1, 0.15) is 10.3 Å². The van der Waals surface area contributed by atoms with E-state index in [1.807, 2.05) is 23.5 Å². The highest BCUT2D eigenvalue weighted by atomic mass is 32.2. The molecule has 2 rings (SSSR count). The Bertz CT molecular complexity index is 788. The number of hydrogen-bond acceptors (Lipinski definition) is 7. The monoisotopic (exact) mass is 555 g/mol. The van der Waals surface area contributed by atoms with E-state index in [4.69, 9.17) is 9.16 Å². The zero-order valence-electron chi connectivity index (χ0n) is 23.4. The van der Waals surface area contributed by atoms with Crippen molar-refractivity contribution < 1.29 is 18.8 Å². The molecular formula is C27H47N2O4S2Si. The maximum atomic E-state index is 12.7. The Morgan fingerprint density at radius 3 is 2.64 bits per heavy atom. The van der Waals surface area contributed by atoms with Crippen molar-refractivity contribution in [2.24, 2.45) is 0 Å². The molecule has 1 N–H and O–H groups in total. The van der Waals surface area contributed by atoms with Crippen LogP contribution in [0.25, 0.3) is 0 Å². The summed E-state index contributed by atoms with van der Waals surface area (Å²) >= 11 is 3.40. The molecule has 36 heavy (non-hydrogen) atoms. The normalized spacial score (nSPS) is 26.1. The van der Waals surface area contributed by atoms with E-state index in [-0.39, 0.29) is 28.0 Å². The molecule has 2 heterocycles. The lowest BCUT2D eigenvalue weighted by Crippen LogP contribution is -2.41. The SMILES string of the molecule is CCCCCC(C)(C/C=C/[C@H]1[C@H](C)OC(=O)N1CCSC1(CCCC)NC([C]=O)=CS1)O[Si](C)(C)C. The number of carbonyl (C=O) groups excluding carboxylic acids is 2. The number of unbranched alkanes of at least 4 members (excludes halogenated alkanes) is 3. The van der Waals surface area contributed by atoms with E-state index >= 15 is 0 Å². The molecule has 1 saturated heterocycles. The smallest absolute Gasteiger partial charge is 0.410 e. The Morgan fingerprint density at radius 2 is 2.03 bits per heavy atom. The fourth-order valence-corrected chi connectivity index (χ4v) is 9.03. The summed E-state index contributed by atoms with van der Waals surface area (Å²) in [6.07, 6.45) is 14.4. The lowest BCUT2D eigenvalue weighted by atomic mass is 9.94. The first-order chi connectivity index (χ1) is 17.0. The van der Waals surface area contributed by atoms with E-state index < -0.39 is 8.32 Å². The molecule has 0 aromatic carbocycles. The second-order valence-electron chi connectivity index (χ2n) is 11.1. The summed E-state index contributed by atoms with van der Waals surface area (Å²) in [4.78, 5) is 25.6. The molecule has 1 fully saturated rings. The maximum Gasteiger partial charge on any atom is 0.410 e. The zero-order valence-corrected chi connectivity index (χ0v) is 26.0. The highest BCUT2D eigenvalue weighted by molar-refractivity contribution is 8.19. The van der Waals surface area contributed by atoms with Gasteiger partial charge in [-0.3, -0.25) is 9.69 Å². The van der Waals surface area contributed by atoms with Gasteiger partial charge < -0.3 is 14.5 Å². The van der Waals surface area contributed by atoms with E-state index in [9.17, 15) is 9.59 Å². The van der Waals surface area contributed by atoms with E-state index in [0.29, 0.717) is 12.2 Å². The van der Waals surface area contributed by atoms with Crippen LogP contribution in [0.15, 0.2) is 23.3 Å². The van der Waals surface area contributed by atoms with Gasteiger partial charge in [0.2, 0.25) is 0 Å². The molecule has 0 spiro atoms. The minimum atomic E-state index is -1.69. The topological polar surface area (TPSA) is 67.9 Å². The van der Waals surface area contributed by atoms with Gasteiger partial charge in [-0.25, -0.2) is 4.79 Å². The molecule has 1 amide bonds. The molecule has 0 saturated carbocycles. The highest BCUT2D eigenvalue weighted by Gasteiger charge is 2.39. The van der Waals surface area contributed by atoms with Crippen molar-refractivity contribution in [3.63, 3.8) is 0 Å². The number of rotatable bonds is 17. The zero-order chi connectivity index (χ0) is 26.8. The summed E-state index contributed by atoms with van der Waals surface area (Å²) in [5.41, 5.74) is 0.335. The number of carbonyl (C=O) groups is 1. The van der Waals surface area contributed by atoms with Crippen molar-refractivity contribution in [1.29, 1.82) is 0 Å². The van der Waals surface area contributed by atoms with Crippen molar-refractivity contribution in [2.75, 3.05) is 12.3 Å². The second-order valence-corrected chi connectivity index (χ2v) is 18.4. The molecule has 9 heteroatoms. The molecular weight excluding hydrogens is 509 g/mol. The van der Waals surface area contributed by atoms with Crippen LogP contribution >= 0.6 is 23.5 Å². The third-order valence-corrected chi connectivity index (χ3v) is 10.4. The van der Waals surface area contributed by atoms with Crippen LogP contribution in [-0.4, -0.2) is 59.8 Å².